The molecule has 1 aromatic heterocycles. The molecule has 0 bridgehead atoms. The van der Waals surface area contributed by atoms with Gasteiger partial charge in [0.25, 0.3) is 0 Å². The van der Waals surface area contributed by atoms with Crippen molar-refractivity contribution in [2.75, 3.05) is 6.61 Å². The monoisotopic (exact) mass is 139 g/mol. The van der Waals surface area contributed by atoms with Crippen LogP contribution in [0.4, 0.5) is 0 Å². The largest absolute Gasteiger partial charge is 0.396 e. The summed E-state index contributed by atoms with van der Waals surface area (Å²) in [6.07, 6.45) is 4.38. The first kappa shape index (κ1) is 7.15. The lowest BCUT2D eigenvalue weighted by Crippen LogP contribution is -2.37. The zero-order chi connectivity index (χ0) is 7.23. The van der Waals surface area contributed by atoms with E-state index < -0.39 is 0 Å². The van der Waals surface area contributed by atoms with Crippen molar-refractivity contribution in [2.45, 2.75) is 13.0 Å². The summed E-state index contributed by atoms with van der Waals surface area (Å²) in [6.45, 7) is 1.01. The minimum Gasteiger partial charge on any atom is -0.396 e. The molecule has 10 heavy (non-hydrogen) atoms. The van der Waals surface area contributed by atoms with Crippen molar-refractivity contribution >= 4 is 0 Å². The van der Waals surface area contributed by atoms with E-state index in [1.807, 2.05) is 18.3 Å². The molecule has 0 fully saturated rings. The van der Waals surface area contributed by atoms with E-state index >= 15 is 0 Å². The zero-order valence-electron chi connectivity index (χ0n) is 5.77. The third-order valence-corrected chi connectivity index (χ3v) is 1.22. The number of aryl methyl sites for hydroxylation is 1. The lowest BCUT2D eigenvalue weighted by Gasteiger charge is -1.88. The van der Waals surface area contributed by atoms with Crippen LogP contribution in [-0.2, 0) is 6.54 Å². The van der Waals surface area contributed by atoms with Crippen molar-refractivity contribution in [1.29, 1.82) is 0 Å². The Morgan fingerprint density at radius 2 is 2.30 bits per heavy atom. The molecular weight excluding hydrogens is 128 g/mol. The maximum absolute atomic E-state index is 8.49. The van der Waals surface area contributed by atoms with Gasteiger partial charge in [-0.2, -0.15) is 0 Å². The van der Waals surface area contributed by atoms with Crippen LogP contribution in [0.2, 0.25) is 0 Å². The summed E-state index contributed by atoms with van der Waals surface area (Å²) in [5.74, 6) is 0. The van der Waals surface area contributed by atoms with Gasteiger partial charge in [0.1, 0.15) is 0 Å². The van der Waals surface area contributed by atoms with Crippen molar-refractivity contribution in [2.24, 2.45) is 0 Å². The van der Waals surface area contributed by atoms with Gasteiger partial charge in [0, 0.05) is 19.1 Å². The molecule has 3 heteroatoms. The fourth-order valence-electron chi connectivity index (χ4n) is 0.726. The normalized spacial score (nSPS) is 9.70. The molecule has 1 aromatic rings. The van der Waals surface area contributed by atoms with Crippen LogP contribution in [0, 0.1) is 0 Å². The maximum atomic E-state index is 8.49. The Labute approximate surface area is 59.9 Å². The van der Waals surface area contributed by atoms with E-state index in [2.05, 4.69) is 5.10 Å². The second-order valence-electron chi connectivity index (χ2n) is 2.04. The highest BCUT2D eigenvalue weighted by Gasteiger charge is 1.96. The Morgan fingerprint density at radius 3 is 2.90 bits per heavy atom. The molecule has 0 aliphatic carbocycles. The summed E-state index contributed by atoms with van der Waals surface area (Å²) in [5, 5.41) is 12.5. The van der Waals surface area contributed by atoms with E-state index in [1.165, 1.54) is 0 Å². The lowest BCUT2D eigenvalue weighted by atomic mass is 10.4. The smallest absolute Gasteiger partial charge is 0.196 e. The molecule has 0 unspecified atom stereocenters. The molecule has 0 aliphatic rings. The molecule has 1 rings (SSSR count). The summed E-state index contributed by atoms with van der Waals surface area (Å²) in [5.41, 5.74) is 0. The average Bonchev–Trinajstić information content (AvgIpc) is 2.03. The van der Waals surface area contributed by atoms with Gasteiger partial charge >= 0.3 is 0 Å². The van der Waals surface area contributed by atoms with Crippen molar-refractivity contribution in [3.05, 3.63) is 24.5 Å². The molecule has 0 aromatic carbocycles. The number of nitrogens with zero attached hydrogens (tertiary/aromatic N) is 2. The number of hydrogen-bond acceptors (Lipinski definition) is 2. The first-order chi connectivity index (χ1) is 4.93. The Balaban J connectivity index is 2.43. The summed E-state index contributed by atoms with van der Waals surface area (Å²) >= 11 is 0. The van der Waals surface area contributed by atoms with Gasteiger partial charge in [0.15, 0.2) is 12.7 Å². The van der Waals surface area contributed by atoms with Crippen LogP contribution in [0.25, 0.3) is 0 Å². The number of hydrogen-bond donors (Lipinski definition) is 1. The highest BCUT2D eigenvalue weighted by atomic mass is 16.3. The molecule has 0 aliphatic heterocycles. The second-order valence-corrected chi connectivity index (χ2v) is 2.04. The minimum absolute atomic E-state index is 0.226. The molecule has 0 radical (unpaired) electrons. The van der Waals surface area contributed by atoms with Crippen molar-refractivity contribution in [3.63, 3.8) is 0 Å². The van der Waals surface area contributed by atoms with Gasteiger partial charge in [-0.05, 0) is 11.2 Å². The van der Waals surface area contributed by atoms with Crippen LogP contribution in [-0.4, -0.2) is 16.8 Å². The molecule has 0 atom stereocenters. The first-order valence-electron chi connectivity index (χ1n) is 3.35. The maximum Gasteiger partial charge on any atom is 0.196 e. The van der Waals surface area contributed by atoms with Crippen LogP contribution in [0.3, 0.4) is 0 Å². The number of aliphatic hydroxyl groups excluding tert-OH is 1. The fraction of sp³-hybridized carbons (Fsp3) is 0.429. The van der Waals surface area contributed by atoms with Gasteiger partial charge in [-0.25, -0.2) is 0 Å². The molecule has 54 valence electrons. The molecule has 0 amide bonds. The average molecular weight is 139 g/mol. The van der Waals surface area contributed by atoms with Crippen LogP contribution < -0.4 is 4.68 Å². The second kappa shape index (κ2) is 3.95. The first-order valence-corrected chi connectivity index (χ1v) is 3.35. The zero-order valence-corrected chi connectivity index (χ0v) is 5.77. The Bertz CT molecular complexity index is 176. The molecule has 3 nitrogen and oxygen atoms in total. The number of aromatic nitrogens is 2. The molecular formula is C7H11N2O+. The molecule has 1 N–H and O–H groups in total. The van der Waals surface area contributed by atoms with Crippen LogP contribution in [0.1, 0.15) is 6.42 Å². The third kappa shape index (κ3) is 2.11. The predicted octanol–water partition coefficient (Wildman–Crippen LogP) is -0.249. The Morgan fingerprint density at radius 1 is 1.40 bits per heavy atom. The van der Waals surface area contributed by atoms with Crippen molar-refractivity contribution < 1.29 is 9.79 Å². The molecule has 0 spiro atoms. The van der Waals surface area contributed by atoms with Gasteiger partial charge in [0.05, 0.1) is 6.20 Å². The van der Waals surface area contributed by atoms with Crippen molar-refractivity contribution in [3.8, 4) is 0 Å². The highest BCUT2D eigenvalue weighted by molar-refractivity contribution is 4.76. The van der Waals surface area contributed by atoms with E-state index in [0.717, 1.165) is 13.0 Å². The van der Waals surface area contributed by atoms with Crippen molar-refractivity contribution in [1.82, 2.24) is 5.10 Å². The van der Waals surface area contributed by atoms with Gasteiger partial charge in [0.2, 0.25) is 0 Å². The summed E-state index contributed by atoms with van der Waals surface area (Å²) < 4.78 is 1.80. The highest BCUT2D eigenvalue weighted by Crippen LogP contribution is 1.76. The summed E-state index contributed by atoms with van der Waals surface area (Å²) in [6, 6.07) is 3.79. The topological polar surface area (TPSA) is 37.0 Å². The SMILES string of the molecule is OCCC[n+]1ccccn1. The van der Waals surface area contributed by atoms with E-state index in [0.29, 0.717) is 0 Å². The lowest BCUT2D eigenvalue weighted by molar-refractivity contribution is -0.754. The Hall–Kier alpha value is -0.960. The third-order valence-electron chi connectivity index (χ3n) is 1.22. The van der Waals surface area contributed by atoms with Gasteiger partial charge in [-0.1, -0.05) is 4.68 Å². The molecule has 1 heterocycles. The minimum atomic E-state index is 0.226. The van der Waals surface area contributed by atoms with Gasteiger partial charge in [-0.15, -0.1) is 0 Å². The summed E-state index contributed by atoms with van der Waals surface area (Å²) in [4.78, 5) is 0. The van der Waals surface area contributed by atoms with E-state index in [4.69, 9.17) is 5.11 Å². The van der Waals surface area contributed by atoms with E-state index in [-0.39, 0.29) is 6.61 Å². The Kier molecular flexibility index (Phi) is 2.83. The predicted molar refractivity (Wildman–Crippen MR) is 36.1 cm³/mol. The van der Waals surface area contributed by atoms with Gasteiger partial charge < -0.3 is 5.11 Å². The molecule has 0 saturated carbocycles. The molecule has 0 saturated heterocycles. The van der Waals surface area contributed by atoms with Crippen LogP contribution >= 0.6 is 0 Å². The van der Waals surface area contributed by atoms with Crippen LogP contribution in [0.15, 0.2) is 24.5 Å². The fourth-order valence-corrected chi connectivity index (χ4v) is 0.726. The van der Waals surface area contributed by atoms with Crippen LogP contribution in [0.5, 0.6) is 0 Å². The van der Waals surface area contributed by atoms with E-state index in [1.54, 1.807) is 10.9 Å². The number of rotatable bonds is 3. The van der Waals surface area contributed by atoms with Gasteiger partial charge in [-0.3, -0.25) is 0 Å². The standard InChI is InChI=1S/C7H11N2O/c10-7-3-6-9-5-2-1-4-8-9/h1-2,4-5,10H,3,6-7H2/q+1. The summed E-state index contributed by atoms with van der Waals surface area (Å²) in [7, 11) is 0. The number of aliphatic hydroxyl groups is 1. The quantitative estimate of drug-likeness (QED) is 0.586. The van der Waals surface area contributed by atoms with E-state index in [9.17, 15) is 0 Å².